The maximum atomic E-state index is 13.7. The SMILES string of the molecule is COc1ccc(NC(=O)C(C(C)C)N(Cc2ccc(Cl)cc2)C(=O)CSc2nc(C)cc(C)n2)c(OC)c1. The van der Waals surface area contributed by atoms with Crippen molar-refractivity contribution in [2.75, 3.05) is 25.3 Å². The van der Waals surface area contributed by atoms with E-state index in [9.17, 15) is 9.59 Å². The van der Waals surface area contributed by atoms with Gasteiger partial charge in [0.1, 0.15) is 17.5 Å². The number of anilines is 1. The molecule has 1 N–H and O–H groups in total. The van der Waals surface area contributed by atoms with Crippen LogP contribution < -0.4 is 14.8 Å². The van der Waals surface area contributed by atoms with Gasteiger partial charge in [0.05, 0.1) is 25.7 Å². The summed E-state index contributed by atoms with van der Waals surface area (Å²) >= 11 is 7.33. The number of hydrogen-bond donors (Lipinski definition) is 1. The van der Waals surface area contributed by atoms with Gasteiger partial charge in [0, 0.05) is 29.0 Å². The molecule has 0 saturated heterocycles. The third kappa shape index (κ3) is 7.85. The van der Waals surface area contributed by atoms with E-state index in [0.717, 1.165) is 17.0 Å². The zero-order valence-electron chi connectivity index (χ0n) is 22.4. The van der Waals surface area contributed by atoms with Crippen LogP contribution in [0.4, 0.5) is 5.69 Å². The number of amides is 2. The summed E-state index contributed by atoms with van der Waals surface area (Å²) in [6.45, 7) is 7.84. The minimum absolute atomic E-state index is 0.0822. The minimum atomic E-state index is -0.759. The Bertz CT molecular complexity index is 1250. The lowest BCUT2D eigenvalue weighted by molar-refractivity contribution is -0.138. The minimum Gasteiger partial charge on any atom is -0.497 e. The molecular formula is C28H33ClN4O4S. The van der Waals surface area contributed by atoms with Crippen LogP contribution in [0.5, 0.6) is 11.5 Å². The van der Waals surface area contributed by atoms with Gasteiger partial charge in [0.15, 0.2) is 5.16 Å². The second-order valence-electron chi connectivity index (χ2n) is 9.11. The van der Waals surface area contributed by atoms with Crippen LogP contribution in [0.3, 0.4) is 0 Å². The van der Waals surface area contributed by atoms with E-state index in [2.05, 4.69) is 15.3 Å². The van der Waals surface area contributed by atoms with Gasteiger partial charge in [-0.3, -0.25) is 9.59 Å². The van der Waals surface area contributed by atoms with Crippen molar-refractivity contribution < 1.29 is 19.1 Å². The van der Waals surface area contributed by atoms with Crippen molar-refractivity contribution >= 4 is 40.9 Å². The highest BCUT2D eigenvalue weighted by Crippen LogP contribution is 2.30. The van der Waals surface area contributed by atoms with Crippen molar-refractivity contribution in [2.45, 2.75) is 45.4 Å². The number of nitrogens with one attached hydrogen (secondary N) is 1. The van der Waals surface area contributed by atoms with Gasteiger partial charge in [-0.15, -0.1) is 0 Å². The van der Waals surface area contributed by atoms with Crippen LogP contribution in [-0.2, 0) is 16.1 Å². The Kier molecular flexibility index (Phi) is 10.4. The molecule has 0 aliphatic carbocycles. The van der Waals surface area contributed by atoms with E-state index in [1.807, 2.05) is 45.9 Å². The van der Waals surface area contributed by atoms with E-state index in [0.29, 0.717) is 27.4 Å². The average Bonchev–Trinajstić information content (AvgIpc) is 2.87. The molecular weight excluding hydrogens is 524 g/mol. The number of aromatic nitrogens is 2. The number of ether oxygens (including phenoxy) is 2. The Labute approximate surface area is 233 Å². The normalized spacial score (nSPS) is 11.7. The quantitative estimate of drug-likeness (QED) is 0.244. The van der Waals surface area contributed by atoms with Gasteiger partial charge in [0.25, 0.3) is 0 Å². The van der Waals surface area contributed by atoms with E-state index in [4.69, 9.17) is 21.1 Å². The van der Waals surface area contributed by atoms with Crippen molar-refractivity contribution in [3.05, 3.63) is 70.5 Å². The highest BCUT2D eigenvalue weighted by Gasteiger charge is 2.33. The monoisotopic (exact) mass is 556 g/mol. The first-order valence-electron chi connectivity index (χ1n) is 12.1. The number of halogens is 1. The number of carbonyl (C=O) groups excluding carboxylic acids is 2. The summed E-state index contributed by atoms with van der Waals surface area (Å²) in [5.74, 6) is 0.433. The van der Waals surface area contributed by atoms with E-state index >= 15 is 0 Å². The summed E-state index contributed by atoms with van der Waals surface area (Å²) in [5, 5.41) is 4.07. The molecule has 1 unspecified atom stereocenters. The standard InChI is InChI=1S/C28H33ClN4O4S/c1-17(2)26(27(35)32-23-12-11-22(36-5)14-24(23)37-6)33(15-20-7-9-21(29)10-8-20)25(34)16-38-28-30-18(3)13-19(4)31-28/h7-14,17,26H,15-16H2,1-6H3,(H,32,35). The number of methoxy groups -OCH3 is 2. The largest absolute Gasteiger partial charge is 0.497 e. The van der Waals surface area contributed by atoms with Crippen molar-refractivity contribution in [3.63, 3.8) is 0 Å². The summed E-state index contributed by atoms with van der Waals surface area (Å²) in [5.41, 5.74) is 3.01. The molecule has 0 spiro atoms. The Morgan fingerprint density at radius 3 is 2.24 bits per heavy atom. The first-order valence-corrected chi connectivity index (χ1v) is 13.5. The van der Waals surface area contributed by atoms with E-state index in [-0.39, 0.29) is 30.0 Å². The maximum absolute atomic E-state index is 13.7. The topological polar surface area (TPSA) is 93.7 Å². The third-order valence-corrected chi connectivity index (χ3v) is 6.86. The van der Waals surface area contributed by atoms with Gasteiger partial charge in [0.2, 0.25) is 11.8 Å². The molecule has 1 aromatic heterocycles. The molecule has 0 radical (unpaired) electrons. The van der Waals surface area contributed by atoms with Gasteiger partial charge >= 0.3 is 0 Å². The molecule has 0 fully saturated rings. The maximum Gasteiger partial charge on any atom is 0.247 e. The number of aryl methyl sites for hydroxylation is 2. The predicted octanol–water partition coefficient (Wildman–Crippen LogP) is 5.55. The first-order chi connectivity index (χ1) is 18.1. The summed E-state index contributed by atoms with van der Waals surface area (Å²) in [6, 6.07) is 13.5. The molecule has 202 valence electrons. The number of nitrogens with zero attached hydrogens (tertiary/aromatic N) is 3. The van der Waals surface area contributed by atoms with Crippen LogP contribution in [0.2, 0.25) is 5.02 Å². The lowest BCUT2D eigenvalue weighted by Gasteiger charge is -2.34. The molecule has 0 bridgehead atoms. The Morgan fingerprint density at radius 2 is 1.66 bits per heavy atom. The van der Waals surface area contributed by atoms with Crippen molar-refractivity contribution in [1.82, 2.24) is 14.9 Å². The molecule has 3 aromatic rings. The van der Waals surface area contributed by atoms with Crippen molar-refractivity contribution in [2.24, 2.45) is 5.92 Å². The molecule has 0 aliphatic rings. The number of carbonyl (C=O) groups is 2. The Morgan fingerprint density at radius 1 is 1.00 bits per heavy atom. The molecule has 3 rings (SSSR count). The van der Waals surface area contributed by atoms with Gasteiger partial charge < -0.3 is 19.7 Å². The van der Waals surface area contributed by atoms with Crippen LogP contribution in [0.25, 0.3) is 0 Å². The summed E-state index contributed by atoms with van der Waals surface area (Å²) in [6.07, 6.45) is 0. The lowest BCUT2D eigenvalue weighted by atomic mass is 10.00. The molecule has 2 aromatic carbocycles. The van der Waals surface area contributed by atoms with Crippen molar-refractivity contribution in [3.8, 4) is 11.5 Å². The summed E-state index contributed by atoms with van der Waals surface area (Å²) < 4.78 is 10.7. The molecule has 0 aliphatic heterocycles. The molecule has 8 nitrogen and oxygen atoms in total. The fourth-order valence-electron chi connectivity index (χ4n) is 4.01. The molecule has 2 amide bonds. The predicted molar refractivity (Wildman–Crippen MR) is 151 cm³/mol. The van der Waals surface area contributed by atoms with Crippen LogP contribution in [0.1, 0.15) is 30.8 Å². The van der Waals surface area contributed by atoms with Crippen LogP contribution >= 0.6 is 23.4 Å². The summed E-state index contributed by atoms with van der Waals surface area (Å²) in [7, 11) is 3.08. The second-order valence-corrected chi connectivity index (χ2v) is 10.5. The van der Waals surface area contributed by atoms with E-state index in [1.165, 1.54) is 18.9 Å². The van der Waals surface area contributed by atoms with E-state index < -0.39 is 6.04 Å². The van der Waals surface area contributed by atoms with Gasteiger partial charge in [-0.1, -0.05) is 49.3 Å². The highest BCUT2D eigenvalue weighted by atomic mass is 35.5. The molecule has 1 atom stereocenters. The van der Waals surface area contributed by atoms with Crippen LogP contribution in [-0.4, -0.2) is 52.7 Å². The Hall–Kier alpha value is -3.30. The fourth-order valence-corrected chi connectivity index (χ4v) is 4.97. The number of rotatable bonds is 11. The lowest BCUT2D eigenvalue weighted by Crippen LogP contribution is -2.50. The van der Waals surface area contributed by atoms with Gasteiger partial charge in [-0.05, 0) is 55.7 Å². The zero-order chi connectivity index (χ0) is 27.8. The van der Waals surface area contributed by atoms with Crippen LogP contribution in [0, 0.1) is 19.8 Å². The van der Waals surface area contributed by atoms with E-state index in [1.54, 1.807) is 42.3 Å². The smallest absolute Gasteiger partial charge is 0.247 e. The second kappa shape index (κ2) is 13.5. The number of thioether (sulfide) groups is 1. The molecule has 10 heteroatoms. The first kappa shape index (κ1) is 29.3. The number of benzene rings is 2. The molecule has 1 heterocycles. The summed E-state index contributed by atoms with van der Waals surface area (Å²) in [4.78, 5) is 37.8. The molecule has 38 heavy (non-hydrogen) atoms. The fraction of sp³-hybridized carbons (Fsp3) is 0.357. The Balaban J connectivity index is 1.90. The molecule has 0 saturated carbocycles. The van der Waals surface area contributed by atoms with Crippen LogP contribution in [0.15, 0.2) is 53.7 Å². The van der Waals surface area contributed by atoms with Crippen molar-refractivity contribution in [1.29, 1.82) is 0 Å². The van der Waals surface area contributed by atoms with Gasteiger partial charge in [-0.25, -0.2) is 9.97 Å². The number of hydrogen-bond acceptors (Lipinski definition) is 7. The highest BCUT2D eigenvalue weighted by molar-refractivity contribution is 7.99. The van der Waals surface area contributed by atoms with Gasteiger partial charge in [-0.2, -0.15) is 0 Å². The average molecular weight is 557 g/mol. The third-order valence-electron chi connectivity index (χ3n) is 5.78. The zero-order valence-corrected chi connectivity index (χ0v) is 24.0.